The van der Waals surface area contributed by atoms with Gasteiger partial charge in [-0.15, -0.1) is 12.4 Å². The molecule has 2 aromatic rings. The molecular formula is C18H25ClN2O3S. The van der Waals surface area contributed by atoms with Crippen molar-refractivity contribution >= 4 is 28.1 Å². The molecule has 0 fully saturated rings. The van der Waals surface area contributed by atoms with E-state index in [1.165, 1.54) is 0 Å². The van der Waals surface area contributed by atoms with E-state index in [2.05, 4.69) is 4.72 Å². The molecule has 25 heavy (non-hydrogen) atoms. The van der Waals surface area contributed by atoms with Crippen molar-refractivity contribution in [3.8, 4) is 5.75 Å². The quantitative estimate of drug-likeness (QED) is 0.717. The fourth-order valence-electron chi connectivity index (χ4n) is 2.27. The first-order valence-electron chi connectivity index (χ1n) is 7.89. The van der Waals surface area contributed by atoms with E-state index in [-0.39, 0.29) is 23.4 Å². The molecule has 0 radical (unpaired) electrons. The van der Waals surface area contributed by atoms with E-state index in [9.17, 15) is 8.42 Å². The van der Waals surface area contributed by atoms with E-state index in [0.29, 0.717) is 24.4 Å². The van der Waals surface area contributed by atoms with Gasteiger partial charge in [-0.3, -0.25) is 0 Å². The monoisotopic (exact) mass is 384 g/mol. The minimum absolute atomic E-state index is 0. The largest absolute Gasteiger partial charge is 0.491 e. The Morgan fingerprint density at radius 3 is 2.32 bits per heavy atom. The van der Waals surface area contributed by atoms with Crippen LogP contribution in [0, 0.1) is 6.92 Å². The van der Waals surface area contributed by atoms with E-state index in [4.69, 9.17) is 10.5 Å². The molecule has 0 saturated carbocycles. The maximum Gasteiger partial charge on any atom is 0.240 e. The lowest BCUT2D eigenvalue weighted by molar-refractivity contribution is 0.240. The van der Waals surface area contributed by atoms with Gasteiger partial charge in [0.05, 0.1) is 11.0 Å². The van der Waals surface area contributed by atoms with Crippen LogP contribution in [-0.2, 0) is 16.4 Å². The Bertz CT molecular complexity index is 790. The van der Waals surface area contributed by atoms with Crippen LogP contribution in [0.15, 0.2) is 47.4 Å². The molecule has 138 valence electrons. The number of benzene rings is 2. The normalized spacial score (nSPS) is 11.2. The van der Waals surface area contributed by atoms with Crippen LogP contribution in [0.2, 0.25) is 0 Å². The number of ether oxygens (including phenoxy) is 1. The lowest BCUT2D eigenvalue weighted by Crippen LogP contribution is -2.26. The summed E-state index contributed by atoms with van der Waals surface area (Å²) in [6.07, 6.45) is 0.650. The second-order valence-corrected chi connectivity index (χ2v) is 7.75. The van der Waals surface area contributed by atoms with Crippen LogP contribution in [0.3, 0.4) is 0 Å². The molecule has 0 saturated heterocycles. The fraction of sp³-hybridized carbons (Fsp3) is 0.333. The zero-order chi connectivity index (χ0) is 17.7. The molecule has 3 N–H and O–H groups in total. The van der Waals surface area contributed by atoms with E-state index in [1.807, 2.05) is 32.9 Å². The van der Waals surface area contributed by atoms with Crippen LogP contribution in [0.25, 0.3) is 0 Å². The number of anilines is 1. The predicted molar refractivity (Wildman–Crippen MR) is 104 cm³/mol. The molecule has 0 aliphatic rings. The molecule has 0 aliphatic heterocycles. The van der Waals surface area contributed by atoms with Crippen LogP contribution < -0.4 is 15.2 Å². The number of sulfonamides is 1. The predicted octanol–water partition coefficient (Wildman–Crippen LogP) is 3.31. The second-order valence-electron chi connectivity index (χ2n) is 5.98. The number of nitrogens with one attached hydrogen (secondary N) is 1. The maximum atomic E-state index is 12.4. The number of hydrogen-bond acceptors (Lipinski definition) is 4. The van der Waals surface area contributed by atoms with Crippen molar-refractivity contribution in [2.24, 2.45) is 0 Å². The van der Waals surface area contributed by atoms with Crippen molar-refractivity contribution in [2.75, 3.05) is 12.3 Å². The molecule has 0 bridgehead atoms. The third-order valence-corrected chi connectivity index (χ3v) is 4.96. The van der Waals surface area contributed by atoms with Gasteiger partial charge in [0.15, 0.2) is 0 Å². The number of nitrogens with two attached hydrogens (primary N) is 1. The van der Waals surface area contributed by atoms with E-state index in [0.717, 1.165) is 11.1 Å². The van der Waals surface area contributed by atoms with Crippen molar-refractivity contribution < 1.29 is 13.2 Å². The third-order valence-electron chi connectivity index (χ3n) is 3.50. The fourth-order valence-corrected chi connectivity index (χ4v) is 3.39. The van der Waals surface area contributed by atoms with Crippen LogP contribution in [0.5, 0.6) is 5.75 Å². The molecule has 0 spiro atoms. The van der Waals surface area contributed by atoms with Gasteiger partial charge in [0, 0.05) is 12.2 Å². The van der Waals surface area contributed by atoms with Gasteiger partial charge in [0.2, 0.25) is 10.0 Å². The highest BCUT2D eigenvalue weighted by Gasteiger charge is 2.15. The molecule has 0 aliphatic carbocycles. The summed E-state index contributed by atoms with van der Waals surface area (Å²) in [6.45, 7) is 6.03. The van der Waals surface area contributed by atoms with Gasteiger partial charge >= 0.3 is 0 Å². The Balaban J connectivity index is 0.00000312. The average Bonchev–Trinajstić information content (AvgIpc) is 2.50. The molecule has 2 aromatic carbocycles. The van der Waals surface area contributed by atoms with Gasteiger partial charge < -0.3 is 10.5 Å². The molecule has 7 heteroatoms. The first kappa shape index (κ1) is 21.3. The molecule has 2 rings (SSSR count). The Labute approximate surface area is 156 Å². The summed E-state index contributed by atoms with van der Waals surface area (Å²) in [7, 11) is -3.54. The van der Waals surface area contributed by atoms with Gasteiger partial charge in [-0.05, 0) is 68.7 Å². The standard InChI is InChI=1S/C18H24N2O3S.ClH/c1-13(2)23-18-9-8-17(12-14(18)3)24(21,22)20-11-10-15-4-6-16(19)7-5-15;/h4-9,12-13,20H,10-11,19H2,1-3H3;1H. The first-order chi connectivity index (χ1) is 11.3. The highest BCUT2D eigenvalue weighted by Crippen LogP contribution is 2.22. The Kier molecular flexibility index (Phi) is 7.73. The van der Waals surface area contributed by atoms with Gasteiger partial charge in [-0.2, -0.15) is 0 Å². The highest BCUT2D eigenvalue weighted by molar-refractivity contribution is 7.89. The summed E-state index contributed by atoms with van der Waals surface area (Å²) in [6, 6.07) is 12.3. The molecule has 5 nitrogen and oxygen atoms in total. The summed E-state index contributed by atoms with van der Waals surface area (Å²) >= 11 is 0. The minimum atomic E-state index is -3.54. The summed E-state index contributed by atoms with van der Waals surface area (Å²) < 4.78 is 33.0. The zero-order valence-electron chi connectivity index (χ0n) is 14.7. The van der Waals surface area contributed by atoms with E-state index in [1.54, 1.807) is 30.3 Å². The van der Waals surface area contributed by atoms with Crippen LogP contribution in [-0.4, -0.2) is 21.1 Å². The van der Waals surface area contributed by atoms with Gasteiger partial charge in [0.1, 0.15) is 5.75 Å². The van der Waals surface area contributed by atoms with Gasteiger partial charge in [-0.25, -0.2) is 13.1 Å². The molecule has 0 amide bonds. The zero-order valence-corrected chi connectivity index (χ0v) is 16.3. The summed E-state index contributed by atoms with van der Waals surface area (Å²) in [4.78, 5) is 0.244. The first-order valence-corrected chi connectivity index (χ1v) is 9.37. The van der Waals surface area contributed by atoms with Crippen LogP contribution in [0.1, 0.15) is 25.0 Å². The van der Waals surface area contributed by atoms with Crippen molar-refractivity contribution in [2.45, 2.75) is 38.2 Å². The molecule has 0 heterocycles. The lowest BCUT2D eigenvalue weighted by atomic mass is 10.1. The van der Waals surface area contributed by atoms with Crippen molar-refractivity contribution in [1.82, 2.24) is 4.72 Å². The van der Waals surface area contributed by atoms with Gasteiger partial charge in [-0.1, -0.05) is 12.1 Å². The van der Waals surface area contributed by atoms with E-state index < -0.39 is 10.0 Å². The second kappa shape index (κ2) is 9.08. The number of hydrogen-bond donors (Lipinski definition) is 2. The van der Waals surface area contributed by atoms with Crippen molar-refractivity contribution in [1.29, 1.82) is 0 Å². The Morgan fingerprint density at radius 2 is 1.76 bits per heavy atom. The third kappa shape index (κ3) is 6.23. The number of halogens is 1. The van der Waals surface area contributed by atoms with Crippen LogP contribution in [0.4, 0.5) is 5.69 Å². The Hall–Kier alpha value is -1.76. The number of aryl methyl sites for hydroxylation is 1. The Morgan fingerprint density at radius 1 is 1.12 bits per heavy atom. The summed E-state index contributed by atoms with van der Waals surface area (Å²) in [5, 5.41) is 0. The topological polar surface area (TPSA) is 81.4 Å². The van der Waals surface area contributed by atoms with Crippen molar-refractivity contribution in [3.05, 3.63) is 53.6 Å². The van der Waals surface area contributed by atoms with E-state index >= 15 is 0 Å². The molecule has 0 unspecified atom stereocenters. The SMILES string of the molecule is Cc1cc(S(=O)(=O)NCCc2ccc(N)cc2)ccc1OC(C)C.Cl. The number of nitrogen functional groups attached to an aromatic ring is 1. The highest BCUT2D eigenvalue weighted by atomic mass is 35.5. The summed E-state index contributed by atoms with van der Waals surface area (Å²) in [5.74, 6) is 0.700. The number of rotatable bonds is 7. The average molecular weight is 385 g/mol. The van der Waals surface area contributed by atoms with Crippen LogP contribution >= 0.6 is 12.4 Å². The molecular weight excluding hydrogens is 360 g/mol. The van der Waals surface area contributed by atoms with Gasteiger partial charge in [0.25, 0.3) is 0 Å². The maximum absolute atomic E-state index is 12.4. The minimum Gasteiger partial charge on any atom is -0.491 e. The lowest BCUT2D eigenvalue weighted by Gasteiger charge is -2.14. The molecule has 0 aromatic heterocycles. The van der Waals surface area contributed by atoms with Crippen molar-refractivity contribution in [3.63, 3.8) is 0 Å². The smallest absolute Gasteiger partial charge is 0.240 e. The summed E-state index contributed by atoms with van der Waals surface area (Å²) in [5.41, 5.74) is 8.16. The molecule has 0 atom stereocenters.